The summed E-state index contributed by atoms with van der Waals surface area (Å²) in [5.41, 5.74) is -0.0759. The lowest BCUT2D eigenvalue weighted by Gasteiger charge is -2.17. The Kier molecular flexibility index (Phi) is 6.59. The maximum atomic E-state index is 12.2. The highest BCUT2D eigenvalue weighted by Crippen LogP contribution is 2.25. The largest absolute Gasteiger partial charge is 0.462 e. The third-order valence-corrected chi connectivity index (χ3v) is 4.18. The van der Waals surface area contributed by atoms with Crippen LogP contribution < -0.4 is 0 Å². The average molecular weight is 372 g/mol. The van der Waals surface area contributed by atoms with E-state index in [1.165, 1.54) is 5.56 Å². The Morgan fingerprint density at radius 1 is 1.00 bits per heavy atom. The van der Waals surface area contributed by atoms with Crippen molar-refractivity contribution in [2.45, 2.75) is 26.2 Å². The molecule has 2 aromatic carbocycles. The molecule has 0 aromatic heterocycles. The Bertz CT molecular complexity index is 805. The molecular formula is C19H20N2O6. The van der Waals surface area contributed by atoms with Crippen molar-refractivity contribution in [2.24, 2.45) is 5.92 Å². The molecule has 0 heterocycles. The molecule has 0 N–H and O–H groups in total. The highest BCUT2D eigenvalue weighted by Gasteiger charge is 2.21. The van der Waals surface area contributed by atoms with Crippen molar-refractivity contribution in [3.8, 4) is 0 Å². The summed E-state index contributed by atoms with van der Waals surface area (Å²) >= 11 is 0. The second-order valence-electron chi connectivity index (χ2n) is 6.50. The van der Waals surface area contributed by atoms with Crippen molar-refractivity contribution in [3.63, 3.8) is 0 Å². The summed E-state index contributed by atoms with van der Waals surface area (Å²) in [6, 6.07) is 12.7. The first-order valence-corrected chi connectivity index (χ1v) is 8.44. The normalized spacial score (nSPS) is 12.8. The van der Waals surface area contributed by atoms with E-state index >= 15 is 0 Å². The molecule has 142 valence electrons. The van der Waals surface area contributed by atoms with Crippen LogP contribution in [0.15, 0.2) is 48.5 Å². The predicted octanol–water partition coefficient (Wildman–Crippen LogP) is 4.49. The molecule has 0 amide bonds. The average Bonchev–Trinajstić information content (AvgIpc) is 2.66. The van der Waals surface area contributed by atoms with Crippen LogP contribution in [-0.4, -0.2) is 22.4 Å². The zero-order chi connectivity index (χ0) is 20.0. The molecule has 2 unspecified atom stereocenters. The molecule has 8 nitrogen and oxygen atoms in total. The molecule has 0 bridgehead atoms. The van der Waals surface area contributed by atoms with Crippen molar-refractivity contribution in [2.75, 3.05) is 6.61 Å². The molecule has 0 fully saturated rings. The first-order chi connectivity index (χ1) is 12.8. The van der Waals surface area contributed by atoms with Gasteiger partial charge in [0.2, 0.25) is 0 Å². The number of rotatable bonds is 8. The Balaban J connectivity index is 2.00. The lowest BCUT2D eigenvalue weighted by Crippen LogP contribution is -2.14. The van der Waals surface area contributed by atoms with Crippen LogP contribution in [-0.2, 0) is 4.74 Å². The summed E-state index contributed by atoms with van der Waals surface area (Å²) in [4.78, 5) is 32.4. The molecule has 0 aliphatic carbocycles. The smallest absolute Gasteiger partial charge is 0.338 e. The van der Waals surface area contributed by atoms with Crippen LogP contribution in [0.25, 0.3) is 0 Å². The van der Waals surface area contributed by atoms with Gasteiger partial charge in [0.05, 0.1) is 28.1 Å². The molecule has 2 atom stereocenters. The van der Waals surface area contributed by atoms with Gasteiger partial charge in [0.15, 0.2) is 0 Å². The highest BCUT2D eigenvalue weighted by molar-refractivity contribution is 5.91. The number of benzene rings is 2. The Hall–Kier alpha value is -3.29. The van der Waals surface area contributed by atoms with Crippen LogP contribution in [0.3, 0.4) is 0 Å². The quantitative estimate of drug-likeness (QED) is 0.383. The molecule has 0 radical (unpaired) electrons. The molecule has 2 rings (SSSR count). The molecule has 0 aliphatic heterocycles. The monoisotopic (exact) mass is 372 g/mol. The maximum Gasteiger partial charge on any atom is 0.338 e. The summed E-state index contributed by atoms with van der Waals surface area (Å²) in [6.07, 6.45) is 0.784. The number of esters is 1. The van der Waals surface area contributed by atoms with Gasteiger partial charge >= 0.3 is 5.97 Å². The van der Waals surface area contributed by atoms with Crippen LogP contribution in [0.5, 0.6) is 0 Å². The van der Waals surface area contributed by atoms with Crippen LogP contribution in [0.2, 0.25) is 0 Å². The van der Waals surface area contributed by atoms with Gasteiger partial charge in [0, 0.05) is 12.1 Å². The van der Waals surface area contributed by atoms with Crippen molar-refractivity contribution in [1.29, 1.82) is 0 Å². The topological polar surface area (TPSA) is 113 Å². The standard InChI is InChI=1S/C19H20N2O6/c1-13(8-14(2)15-6-4-3-5-7-15)12-27-19(22)16-9-17(20(23)24)11-18(10-16)21(25)26/h3-7,9-11,13-14H,8,12H2,1-2H3. The van der Waals surface area contributed by atoms with Crippen LogP contribution in [0.4, 0.5) is 11.4 Å². The zero-order valence-electron chi connectivity index (χ0n) is 15.0. The fourth-order valence-electron chi connectivity index (χ4n) is 2.81. The molecule has 0 saturated carbocycles. The zero-order valence-corrected chi connectivity index (χ0v) is 15.0. The number of ether oxygens (including phenoxy) is 1. The number of nitro groups is 2. The van der Waals surface area contributed by atoms with Gasteiger partial charge in [-0.2, -0.15) is 0 Å². The Labute approximate surface area is 156 Å². The summed E-state index contributed by atoms with van der Waals surface area (Å²) < 4.78 is 5.21. The summed E-state index contributed by atoms with van der Waals surface area (Å²) in [5.74, 6) is -0.488. The van der Waals surface area contributed by atoms with E-state index in [1.807, 2.05) is 37.3 Å². The van der Waals surface area contributed by atoms with Gasteiger partial charge in [-0.25, -0.2) is 4.79 Å². The third-order valence-electron chi connectivity index (χ3n) is 4.18. The van der Waals surface area contributed by atoms with E-state index in [0.29, 0.717) is 0 Å². The summed E-state index contributed by atoms with van der Waals surface area (Å²) in [7, 11) is 0. The van der Waals surface area contributed by atoms with Gasteiger partial charge in [-0.15, -0.1) is 0 Å². The van der Waals surface area contributed by atoms with E-state index in [1.54, 1.807) is 0 Å². The maximum absolute atomic E-state index is 12.2. The van der Waals surface area contributed by atoms with Gasteiger partial charge in [-0.3, -0.25) is 20.2 Å². The second-order valence-corrected chi connectivity index (χ2v) is 6.50. The third kappa shape index (κ3) is 5.60. The number of non-ortho nitro benzene ring substituents is 2. The van der Waals surface area contributed by atoms with Gasteiger partial charge in [0.25, 0.3) is 11.4 Å². The fourth-order valence-corrected chi connectivity index (χ4v) is 2.81. The number of carbonyl (C=O) groups is 1. The molecule has 0 spiro atoms. The van der Waals surface area contributed by atoms with Crippen LogP contribution >= 0.6 is 0 Å². The molecule has 0 aliphatic rings. The lowest BCUT2D eigenvalue weighted by atomic mass is 9.91. The summed E-state index contributed by atoms with van der Waals surface area (Å²) in [5, 5.41) is 21.8. The Morgan fingerprint density at radius 3 is 2.07 bits per heavy atom. The van der Waals surface area contributed by atoms with Crippen molar-refractivity contribution >= 4 is 17.3 Å². The first-order valence-electron chi connectivity index (χ1n) is 8.44. The Morgan fingerprint density at radius 2 is 1.56 bits per heavy atom. The van der Waals surface area contributed by atoms with Gasteiger partial charge < -0.3 is 4.74 Å². The molecule has 2 aromatic rings. The minimum absolute atomic E-state index is 0.0536. The van der Waals surface area contributed by atoms with Gasteiger partial charge in [-0.05, 0) is 23.8 Å². The van der Waals surface area contributed by atoms with Crippen molar-refractivity contribution in [1.82, 2.24) is 0 Å². The first kappa shape index (κ1) is 20.0. The van der Waals surface area contributed by atoms with Crippen LogP contribution in [0.1, 0.15) is 42.1 Å². The van der Waals surface area contributed by atoms with Gasteiger partial charge in [0.1, 0.15) is 0 Å². The molecule has 0 saturated heterocycles. The minimum Gasteiger partial charge on any atom is -0.462 e. The van der Waals surface area contributed by atoms with E-state index in [-0.39, 0.29) is 24.0 Å². The second kappa shape index (κ2) is 8.88. The number of nitro benzene ring substituents is 2. The van der Waals surface area contributed by atoms with E-state index in [4.69, 9.17) is 4.74 Å². The van der Waals surface area contributed by atoms with E-state index < -0.39 is 27.2 Å². The number of hydrogen-bond donors (Lipinski definition) is 0. The summed E-state index contributed by atoms with van der Waals surface area (Å²) in [6.45, 7) is 4.13. The minimum atomic E-state index is -0.819. The van der Waals surface area contributed by atoms with Crippen molar-refractivity contribution in [3.05, 3.63) is 79.9 Å². The van der Waals surface area contributed by atoms with E-state index in [2.05, 4.69) is 6.92 Å². The van der Waals surface area contributed by atoms with Crippen LogP contribution in [0, 0.1) is 26.1 Å². The SMILES string of the molecule is CC(COC(=O)c1cc([N+](=O)[O-])cc([N+](=O)[O-])c1)CC(C)c1ccccc1. The lowest BCUT2D eigenvalue weighted by molar-refractivity contribution is -0.394. The van der Waals surface area contributed by atoms with E-state index in [9.17, 15) is 25.0 Å². The number of carbonyl (C=O) groups excluding carboxylic acids is 1. The van der Waals surface area contributed by atoms with Crippen molar-refractivity contribution < 1.29 is 19.4 Å². The van der Waals surface area contributed by atoms with Gasteiger partial charge in [-0.1, -0.05) is 44.2 Å². The molecule has 27 heavy (non-hydrogen) atoms. The number of hydrogen-bond acceptors (Lipinski definition) is 6. The molecular weight excluding hydrogens is 352 g/mol. The van der Waals surface area contributed by atoms with E-state index in [0.717, 1.165) is 24.6 Å². The molecule has 8 heteroatoms. The highest BCUT2D eigenvalue weighted by atomic mass is 16.6. The fraction of sp³-hybridized carbons (Fsp3) is 0.316. The number of nitrogens with zero attached hydrogens (tertiary/aromatic N) is 2. The predicted molar refractivity (Wildman–Crippen MR) is 98.7 cm³/mol.